The van der Waals surface area contributed by atoms with E-state index >= 15 is 0 Å². The highest BCUT2D eigenvalue weighted by Gasteiger charge is 2.42. The predicted molar refractivity (Wildman–Crippen MR) is 113 cm³/mol. The molecule has 10 heteroatoms. The van der Waals surface area contributed by atoms with E-state index in [4.69, 9.17) is 4.74 Å². The third kappa shape index (κ3) is 4.56. The molecule has 0 fully saturated rings. The smallest absolute Gasteiger partial charge is 0.341 e. The minimum Gasteiger partial charge on any atom is -0.462 e. The molecular formula is C18H24N4O3S3. The number of anilines is 1. The van der Waals surface area contributed by atoms with Crippen molar-refractivity contribution in [1.29, 1.82) is 0 Å². The molecule has 0 spiro atoms. The highest BCUT2D eigenvalue weighted by molar-refractivity contribution is 8.01. The van der Waals surface area contributed by atoms with Crippen molar-refractivity contribution in [3.63, 3.8) is 0 Å². The summed E-state index contributed by atoms with van der Waals surface area (Å²) in [5, 5.41) is 14.8. The Morgan fingerprint density at radius 1 is 1.36 bits per heavy atom. The van der Waals surface area contributed by atoms with Crippen LogP contribution in [0.3, 0.4) is 0 Å². The van der Waals surface area contributed by atoms with Crippen LogP contribution in [0.15, 0.2) is 9.85 Å². The minimum absolute atomic E-state index is 0.173. The zero-order valence-electron chi connectivity index (χ0n) is 16.5. The molecule has 0 atom stereocenters. The van der Waals surface area contributed by atoms with E-state index in [2.05, 4.69) is 48.5 Å². The summed E-state index contributed by atoms with van der Waals surface area (Å²) in [6.07, 6.45) is 0.686. The van der Waals surface area contributed by atoms with Crippen LogP contribution in [0.4, 0.5) is 5.00 Å². The molecule has 7 nitrogen and oxygen atoms in total. The van der Waals surface area contributed by atoms with E-state index in [0.717, 1.165) is 14.8 Å². The van der Waals surface area contributed by atoms with Gasteiger partial charge in [0.15, 0.2) is 4.34 Å². The van der Waals surface area contributed by atoms with Crippen LogP contribution in [-0.4, -0.2) is 40.0 Å². The molecule has 0 saturated carbocycles. The van der Waals surface area contributed by atoms with E-state index in [-0.39, 0.29) is 35.3 Å². The van der Waals surface area contributed by atoms with Crippen LogP contribution in [0.25, 0.3) is 0 Å². The largest absolute Gasteiger partial charge is 0.462 e. The van der Waals surface area contributed by atoms with Gasteiger partial charge in [0.2, 0.25) is 5.91 Å². The lowest BCUT2D eigenvalue weighted by molar-refractivity contribution is -0.113. The van der Waals surface area contributed by atoms with Crippen molar-refractivity contribution in [2.45, 2.75) is 56.5 Å². The Balaban J connectivity index is 1.91. The van der Waals surface area contributed by atoms with E-state index < -0.39 is 0 Å². The summed E-state index contributed by atoms with van der Waals surface area (Å²) in [6, 6.07) is 0. The zero-order chi connectivity index (χ0) is 20.5. The summed E-state index contributed by atoms with van der Waals surface area (Å²) in [5.41, 5.74) is 2.59. The third-order valence-electron chi connectivity index (χ3n) is 4.24. The summed E-state index contributed by atoms with van der Waals surface area (Å²) in [4.78, 5) is 26.3. The van der Waals surface area contributed by atoms with Gasteiger partial charge in [-0.1, -0.05) is 23.1 Å². The second-order valence-electron chi connectivity index (χ2n) is 7.69. The number of amides is 1. The van der Waals surface area contributed by atoms with Gasteiger partial charge in [0.05, 0.1) is 17.9 Å². The molecule has 3 rings (SSSR count). The molecule has 3 heterocycles. The van der Waals surface area contributed by atoms with Gasteiger partial charge in [0, 0.05) is 16.0 Å². The summed E-state index contributed by atoms with van der Waals surface area (Å²) >= 11 is 4.16. The number of esters is 1. The Morgan fingerprint density at radius 3 is 2.75 bits per heavy atom. The molecule has 1 aliphatic heterocycles. The van der Waals surface area contributed by atoms with E-state index in [0.29, 0.717) is 17.0 Å². The Bertz CT molecular complexity index is 875. The van der Waals surface area contributed by atoms with Gasteiger partial charge in [-0.15, -0.1) is 21.5 Å². The summed E-state index contributed by atoms with van der Waals surface area (Å²) in [6.45, 7) is 10.5. The minimum atomic E-state index is -0.388. The van der Waals surface area contributed by atoms with Crippen LogP contribution in [0, 0.1) is 0 Å². The first-order valence-electron chi connectivity index (χ1n) is 8.94. The van der Waals surface area contributed by atoms with E-state index in [9.17, 15) is 9.59 Å². The Hall–Kier alpha value is -1.49. The van der Waals surface area contributed by atoms with Crippen molar-refractivity contribution in [2.24, 2.45) is 0 Å². The van der Waals surface area contributed by atoms with Gasteiger partial charge in [-0.25, -0.2) is 4.79 Å². The summed E-state index contributed by atoms with van der Waals surface area (Å²) in [7, 11) is 0. The maximum atomic E-state index is 12.7. The van der Waals surface area contributed by atoms with Gasteiger partial charge in [-0.2, -0.15) is 0 Å². The molecule has 0 aromatic carbocycles. The topological polar surface area (TPSA) is 93.2 Å². The fourth-order valence-corrected chi connectivity index (χ4v) is 6.12. The molecule has 1 amide bonds. The average Bonchev–Trinajstić information content (AvgIpc) is 3.19. The van der Waals surface area contributed by atoms with Gasteiger partial charge >= 0.3 is 5.97 Å². The average molecular weight is 441 g/mol. The third-order valence-corrected chi connectivity index (χ3v) is 7.58. The Morgan fingerprint density at radius 2 is 2.11 bits per heavy atom. The van der Waals surface area contributed by atoms with Crippen LogP contribution in [0.1, 0.15) is 55.4 Å². The molecule has 0 saturated heterocycles. The summed E-state index contributed by atoms with van der Waals surface area (Å²) < 4.78 is 6.04. The molecule has 2 N–H and O–H groups in total. The molecule has 1 aliphatic rings. The molecule has 2 aromatic rings. The second-order valence-corrected chi connectivity index (χ2v) is 10.8. The molecule has 0 bridgehead atoms. The highest BCUT2D eigenvalue weighted by atomic mass is 32.2. The first-order chi connectivity index (χ1) is 13.1. The van der Waals surface area contributed by atoms with E-state index in [1.165, 1.54) is 34.4 Å². The van der Waals surface area contributed by atoms with Gasteiger partial charge in [-0.3, -0.25) is 4.79 Å². The number of thiophene rings is 1. The number of nitrogens with zero attached hydrogens (tertiary/aromatic N) is 2. The van der Waals surface area contributed by atoms with Crippen LogP contribution < -0.4 is 10.6 Å². The number of thioether (sulfide) groups is 1. The molecular weight excluding hydrogens is 416 g/mol. The number of ether oxygens (including phenoxy) is 1. The number of hydrogen-bond donors (Lipinski definition) is 2. The molecule has 0 unspecified atom stereocenters. The monoisotopic (exact) mass is 440 g/mol. The fourth-order valence-electron chi connectivity index (χ4n) is 3.55. The number of hydrogen-bond acceptors (Lipinski definition) is 9. The standard InChI is InChI=1S/C18H24N4O3S3/c1-6-25-15(24)12-10-7-17(2,3)22-18(4,5)13(10)28-14(12)20-11(23)8-26-16-21-19-9-27-16/h9,22H,6-8H2,1-5H3,(H,20,23). The van der Waals surface area contributed by atoms with Crippen molar-refractivity contribution in [3.8, 4) is 0 Å². The van der Waals surface area contributed by atoms with E-state index in [1.54, 1.807) is 12.4 Å². The maximum absolute atomic E-state index is 12.7. The number of aromatic nitrogens is 2. The molecule has 0 radical (unpaired) electrons. The molecule has 152 valence electrons. The van der Waals surface area contributed by atoms with Crippen LogP contribution in [0.5, 0.6) is 0 Å². The quantitative estimate of drug-likeness (QED) is 0.523. The summed E-state index contributed by atoms with van der Waals surface area (Å²) in [5.74, 6) is -0.373. The van der Waals surface area contributed by atoms with Crippen LogP contribution >= 0.6 is 34.4 Å². The Labute approximate surface area is 176 Å². The number of carbonyl (C=O) groups is 2. The van der Waals surface area contributed by atoms with Gasteiger partial charge in [-0.05, 0) is 46.6 Å². The van der Waals surface area contributed by atoms with Crippen molar-refractivity contribution >= 4 is 51.3 Å². The normalized spacial score (nSPS) is 17.0. The van der Waals surface area contributed by atoms with Gasteiger partial charge in [0.1, 0.15) is 10.5 Å². The lowest BCUT2D eigenvalue weighted by Crippen LogP contribution is -2.55. The van der Waals surface area contributed by atoms with Crippen LogP contribution in [-0.2, 0) is 21.5 Å². The number of nitrogens with one attached hydrogen (secondary N) is 2. The molecule has 28 heavy (non-hydrogen) atoms. The predicted octanol–water partition coefficient (Wildman–Crippen LogP) is 3.67. The Kier molecular flexibility index (Phi) is 6.14. The van der Waals surface area contributed by atoms with Crippen molar-refractivity contribution in [2.75, 3.05) is 17.7 Å². The zero-order valence-corrected chi connectivity index (χ0v) is 19.0. The SMILES string of the molecule is CCOC(=O)c1c(NC(=O)CSc2nncs2)sc2c1CC(C)(C)NC2(C)C. The van der Waals surface area contributed by atoms with Gasteiger partial charge < -0.3 is 15.4 Å². The van der Waals surface area contributed by atoms with E-state index in [1.807, 2.05) is 0 Å². The van der Waals surface area contributed by atoms with Gasteiger partial charge in [0.25, 0.3) is 0 Å². The highest BCUT2D eigenvalue weighted by Crippen LogP contribution is 2.45. The molecule has 0 aliphatic carbocycles. The fraction of sp³-hybridized carbons (Fsp3) is 0.556. The lowest BCUT2D eigenvalue weighted by atomic mass is 9.81. The number of fused-ring (bicyclic) bond motifs is 1. The first-order valence-corrected chi connectivity index (χ1v) is 11.6. The number of rotatable bonds is 6. The molecule has 2 aromatic heterocycles. The lowest BCUT2D eigenvalue weighted by Gasteiger charge is -2.42. The van der Waals surface area contributed by atoms with Crippen molar-refractivity contribution < 1.29 is 14.3 Å². The first kappa shape index (κ1) is 21.2. The number of carbonyl (C=O) groups excluding carboxylic acids is 2. The van der Waals surface area contributed by atoms with Crippen molar-refractivity contribution in [1.82, 2.24) is 15.5 Å². The second kappa shape index (κ2) is 8.10. The maximum Gasteiger partial charge on any atom is 0.341 e. The van der Waals surface area contributed by atoms with Crippen molar-refractivity contribution in [3.05, 3.63) is 21.5 Å². The van der Waals surface area contributed by atoms with Crippen LogP contribution in [0.2, 0.25) is 0 Å².